The molecule has 35 heavy (non-hydrogen) atoms. The molecule has 0 fully saturated rings. The van der Waals surface area contributed by atoms with E-state index in [1.54, 1.807) is 14.2 Å². The maximum atomic E-state index is 12.9. The third-order valence-electron chi connectivity index (χ3n) is 5.94. The largest absolute Gasteiger partial charge is 0.493 e. The lowest BCUT2D eigenvalue weighted by Gasteiger charge is -2.18. The number of hydrogen-bond acceptors (Lipinski definition) is 4. The van der Waals surface area contributed by atoms with Crippen LogP contribution in [-0.2, 0) is 12.8 Å². The smallest absolute Gasteiger partial charge is 0.256 e. The summed E-state index contributed by atoms with van der Waals surface area (Å²) in [6.45, 7) is 7.06. The summed E-state index contributed by atoms with van der Waals surface area (Å²) in [5, 5.41) is 3.07. The van der Waals surface area contributed by atoms with E-state index in [0.717, 1.165) is 17.5 Å². The van der Waals surface area contributed by atoms with Gasteiger partial charge in [0.25, 0.3) is 5.91 Å². The highest BCUT2D eigenvalue weighted by molar-refractivity contribution is 6.08. The third-order valence-corrected chi connectivity index (χ3v) is 5.94. The second-order valence-corrected chi connectivity index (χ2v) is 9.09. The van der Waals surface area contributed by atoms with Gasteiger partial charge in [-0.05, 0) is 59.7 Å². The predicted molar refractivity (Wildman–Crippen MR) is 143 cm³/mol. The van der Waals surface area contributed by atoms with Gasteiger partial charge in [0, 0.05) is 18.0 Å². The van der Waals surface area contributed by atoms with E-state index >= 15 is 0 Å². The van der Waals surface area contributed by atoms with Crippen LogP contribution in [0.25, 0.3) is 0 Å². The van der Waals surface area contributed by atoms with Crippen molar-refractivity contribution in [3.05, 3.63) is 95.1 Å². The number of nitrogens with zero attached hydrogens (tertiary/aromatic N) is 1. The first kappa shape index (κ1) is 26.0. The molecule has 3 rings (SSSR count). The van der Waals surface area contributed by atoms with Crippen LogP contribution in [0.1, 0.15) is 53.7 Å². The van der Waals surface area contributed by atoms with Gasteiger partial charge in [0.05, 0.1) is 14.2 Å². The zero-order valence-corrected chi connectivity index (χ0v) is 21.4. The number of aliphatic imine (C=N–C) groups is 1. The van der Waals surface area contributed by atoms with Crippen molar-refractivity contribution in [1.29, 1.82) is 0 Å². The highest BCUT2D eigenvalue weighted by Gasteiger charge is 2.17. The lowest BCUT2D eigenvalue weighted by atomic mass is 9.95. The minimum absolute atomic E-state index is 0.0545. The number of ether oxygens (including phenoxy) is 2. The number of methoxy groups -OCH3 is 2. The summed E-state index contributed by atoms with van der Waals surface area (Å²) >= 11 is 0. The van der Waals surface area contributed by atoms with Gasteiger partial charge in [-0.25, -0.2) is 0 Å². The van der Waals surface area contributed by atoms with E-state index in [2.05, 4.69) is 50.4 Å². The van der Waals surface area contributed by atoms with Gasteiger partial charge in [-0.3, -0.25) is 9.79 Å². The third kappa shape index (κ3) is 7.44. The Morgan fingerprint density at radius 1 is 0.857 bits per heavy atom. The van der Waals surface area contributed by atoms with Crippen LogP contribution in [0.4, 0.5) is 0 Å². The first-order chi connectivity index (χ1) is 16.9. The van der Waals surface area contributed by atoms with Gasteiger partial charge in [-0.2, -0.15) is 0 Å². The Hall–Kier alpha value is -3.60. The monoisotopic (exact) mass is 472 g/mol. The van der Waals surface area contributed by atoms with Crippen molar-refractivity contribution < 1.29 is 14.3 Å². The SMILES string of the molecule is COc1ccc(CCN=C(NC(=O)c2ccccc2)[C@H](C)c2ccc(CC(C)C)cc2)cc1OC. The van der Waals surface area contributed by atoms with Crippen molar-refractivity contribution in [3.63, 3.8) is 0 Å². The Morgan fingerprint density at radius 3 is 2.14 bits per heavy atom. The Labute approximate surface area is 209 Å². The second kappa shape index (κ2) is 12.7. The Kier molecular flexibility index (Phi) is 9.47. The van der Waals surface area contributed by atoms with Crippen molar-refractivity contribution in [2.45, 2.75) is 39.5 Å². The summed E-state index contributed by atoms with van der Waals surface area (Å²) in [7, 11) is 3.26. The van der Waals surface area contributed by atoms with Crippen molar-refractivity contribution in [1.82, 2.24) is 5.32 Å². The molecule has 0 aliphatic rings. The summed E-state index contributed by atoms with van der Waals surface area (Å²) in [5.74, 6) is 2.46. The first-order valence-electron chi connectivity index (χ1n) is 12.1. The topological polar surface area (TPSA) is 59.9 Å². The highest BCUT2D eigenvalue weighted by Crippen LogP contribution is 2.27. The second-order valence-electron chi connectivity index (χ2n) is 9.09. The predicted octanol–water partition coefficient (Wildman–Crippen LogP) is 6.08. The summed E-state index contributed by atoms with van der Waals surface area (Å²) in [4.78, 5) is 17.8. The van der Waals surface area contributed by atoms with Gasteiger partial charge >= 0.3 is 0 Å². The van der Waals surface area contributed by atoms with Crippen LogP contribution in [0, 0.1) is 5.92 Å². The standard InChI is InChI=1S/C30H36N2O3/c1-21(2)19-23-11-14-25(15-12-23)22(3)29(32-30(33)26-9-7-6-8-10-26)31-18-17-24-13-16-27(34-4)28(20-24)35-5/h6-16,20-22H,17-19H2,1-5H3,(H,31,32,33)/t22-/m1/s1. The van der Waals surface area contributed by atoms with Crippen LogP contribution in [0.5, 0.6) is 11.5 Å². The average Bonchev–Trinajstić information content (AvgIpc) is 2.88. The molecule has 0 aliphatic carbocycles. The zero-order valence-electron chi connectivity index (χ0n) is 21.4. The molecule has 0 unspecified atom stereocenters. The number of carbonyl (C=O) groups excluding carboxylic acids is 1. The van der Waals surface area contributed by atoms with Crippen molar-refractivity contribution in [3.8, 4) is 11.5 Å². The minimum Gasteiger partial charge on any atom is -0.493 e. The molecule has 1 N–H and O–H groups in total. The van der Waals surface area contributed by atoms with Crippen molar-refractivity contribution in [2.75, 3.05) is 20.8 Å². The summed E-state index contributed by atoms with van der Waals surface area (Å²) in [6.07, 6.45) is 1.76. The lowest BCUT2D eigenvalue weighted by molar-refractivity contribution is 0.0976. The van der Waals surface area contributed by atoms with Gasteiger partial charge in [0.15, 0.2) is 11.5 Å². The van der Waals surface area contributed by atoms with Crippen LogP contribution < -0.4 is 14.8 Å². The van der Waals surface area contributed by atoms with Gasteiger partial charge in [-0.1, -0.05) is 69.3 Å². The number of carbonyl (C=O) groups is 1. The Balaban J connectivity index is 1.80. The average molecular weight is 473 g/mol. The molecule has 0 heterocycles. The molecule has 1 atom stereocenters. The number of rotatable bonds is 10. The van der Waals surface area contributed by atoms with E-state index in [1.165, 1.54) is 5.56 Å². The normalized spacial score (nSPS) is 12.3. The summed E-state index contributed by atoms with van der Waals surface area (Å²) in [6, 6.07) is 23.7. The van der Waals surface area contributed by atoms with Gasteiger partial charge in [0.1, 0.15) is 5.84 Å². The van der Waals surface area contributed by atoms with E-state index in [-0.39, 0.29) is 11.8 Å². The van der Waals surface area contributed by atoms with Crippen LogP contribution in [0.2, 0.25) is 0 Å². The maximum Gasteiger partial charge on any atom is 0.256 e. The summed E-state index contributed by atoms with van der Waals surface area (Å²) in [5.41, 5.74) is 4.14. The van der Waals surface area contributed by atoms with Crippen LogP contribution in [0.15, 0.2) is 77.8 Å². The van der Waals surface area contributed by atoms with Gasteiger partial charge in [-0.15, -0.1) is 0 Å². The molecule has 0 aromatic heterocycles. The maximum absolute atomic E-state index is 12.9. The molecule has 5 heteroatoms. The Bertz CT molecular complexity index is 1120. The molecule has 0 radical (unpaired) electrons. The number of nitrogens with one attached hydrogen (secondary N) is 1. The van der Waals surface area contributed by atoms with E-state index in [1.807, 2.05) is 48.5 Å². The molecule has 0 saturated heterocycles. The first-order valence-corrected chi connectivity index (χ1v) is 12.1. The molecule has 1 amide bonds. The van der Waals surface area contributed by atoms with Gasteiger partial charge in [0.2, 0.25) is 0 Å². The quantitative estimate of drug-likeness (QED) is 0.287. The lowest BCUT2D eigenvalue weighted by Crippen LogP contribution is -2.34. The van der Waals surface area contributed by atoms with Crippen LogP contribution in [-0.4, -0.2) is 32.5 Å². The molecule has 0 spiro atoms. The molecule has 5 nitrogen and oxygen atoms in total. The number of benzene rings is 3. The molecular formula is C30H36N2O3. The number of hydrogen-bond donors (Lipinski definition) is 1. The van der Waals surface area contributed by atoms with E-state index in [4.69, 9.17) is 14.5 Å². The van der Waals surface area contributed by atoms with Crippen molar-refractivity contribution >= 4 is 11.7 Å². The van der Waals surface area contributed by atoms with E-state index in [0.29, 0.717) is 41.8 Å². The number of amides is 1. The van der Waals surface area contributed by atoms with Crippen LogP contribution >= 0.6 is 0 Å². The molecular weight excluding hydrogens is 436 g/mol. The number of amidine groups is 1. The molecule has 3 aromatic rings. The van der Waals surface area contributed by atoms with Gasteiger partial charge < -0.3 is 14.8 Å². The molecule has 0 bridgehead atoms. The molecule has 0 saturated carbocycles. The van der Waals surface area contributed by atoms with Crippen LogP contribution in [0.3, 0.4) is 0 Å². The molecule has 3 aromatic carbocycles. The van der Waals surface area contributed by atoms with E-state index in [9.17, 15) is 4.79 Å². The fourth-order valence-electron chi connectivity index (χ4n) is 3.98. The zero-order chi connectivity index (χ0) is 25.2. The fraction of sp³-hybridized carbons (Fsp3) is 0.333. The minimum atomic E-state index is -0.154. The van der Waals surface area contributed by atoms with E-state index < -0.39 is 0 Å². The van der Waals surface area contributed by atoms with Crippen molar-refractivity contribution in [2.24, 2.45) is 10.9 Å². The summed E-state index contributed by atoms with van der Waals surface area (Å²) < 4.78 is 10.7. The Morgan fingerprint density at radius 2 is 1.51 bits per heavy atom. The molecule has 184 valence electrons. The highest BCUT2D eigenvalue weighted by atomic mass is 16.5. The molecule has 0 aliphatic heterocycles. The fourth-order valence-corrected chi connectivity index (χ4v) is 3.98.